The summed E-state index contributed by atoms with van der Waals surface area (Å²) in [5.74, 6) is 0. The summed E-state index contributed by atoms with van der Waals surface area (Å²) in [5, 5.41) is 0. The summed E-state index contributed by atoms with van der Waals surface area (Å²) in [6.07, 6.45) is 0.217. The van der Waals surface area contributed by atoms with Gasteiger partial charge in [0.05, 0.1) is 18.8 Å². The van der Waals surface area contributed by atoms with Crippen molar-refractivity contribution in [3.8, 4) is 11.1 Å². The van der Waals surface area contributed by atoms with E-state index < -0.39 is 0 Å². The molecule has 0 spiro atoms. The lowest BCUT2D eigenvalue weighted by atomic mass is 10.0. The lowest BCUT2D eigenvalue weighted by Gasteiger charge is -2.15. The van der Waals surface area contributed by atoms with Gasteiger partial charge >= 0.3 is 0 Å². The topological polar surface area (TPSA) is 35.2 Å². The molecule has 0 amide bonds. The predicted octanol–water partition coefficient (Wildman–Crippen LogP) is 3.78. The number of ether oxygens (including phenoxy) is 1. The molecule has 0 aromatic heterocycles. The number of rotatable bonds is 5. The monoisotopic (exact) mass is 255 g/mol. The van der Waals surface area contributed by atoms with Crippen LogP contribution in [0.3, 0.4) is 0 Å². The Morgan fingerprint density at radius 1 is 0.895 bits per heavy atom. The molecule has 0 aliphatic heterocycles. The summed E-state index contributed by atoms with van der Waals surface area (Å²) in [5.41, 5.74) is 9.65. The van der Waals surface area contributed by atoms with Crippen LogP contribution in [0.25, 0.3) is 11.1 Å². The highest BCUT2D eigenvalue weighted by Gasteiger charge is 2.07. The van der Waals surface area contributed by atoms with E-state index in [0.29, 0.717) is 6.61 Å². The molecule has 2 nitrogen and oxygen atoms in total. The van der Waals surface area contributed by atoms with Crippen LogP contribution < -0.4 is 5.73 Å². The number of hydrogen-bond acceptors (Lipinski definition) is 2. The van der Waals surface area contributed by atoms with Crippen LogP contribution in [0.4, 0.5) is 0 Å². The van der Waals surface area contributed by atoms with Gasteiger partial charge in [-0.05, 0) is 30.5 Å². The third-order valence-electron chi connectivity index (χ3n) is 3.06. The Kier molecular flexibility index (Phi) is 4.72. The van der Waals surface area contributed by atoms with Crippen molar-refractivity contribution in [1.29, 1.82) is 0 Å². The van der Waals surface area contributed by atoms with Crippen LogP contribution >= 0.6 is 0 Å². The van der Waals surface area contributed by atoms with Crippen LogP contribution in [0.2, 0.25) is 0 Å². The Balaban J connectivity index is 2.06. The molecule has 100 valence electrons. The second-order valence-electron chi connectivity index (χ2n) is 4.98. The molecule has 2 N–H and O–H groups in total. The van der Waals surface area contributed by atoms with Crippen LogP contribution in [0.5, 0.6) is 0 Å². The molecule has 0 heterocycles. The van der Waals surface area contributed by atoms with Crippen LogP contribution in [0, 0.1) is 0 Å². The molecule has 0 radical (unpaired) electrons. The first-order valence-corrected chi connectivity index (χ1v) is 6.69. The average molecular weight is 255 g/mol. The van der Waals surface area contributed by atoms with Gasteiger partial charge in [-0.1, -0.05) is 54.6 Å². The van der Waals surface area contributed by atoms with Gasteiger partial charge in [-0.15, -0.1) is 0 Å². The quantitative estimate of drug-likeness (QED) is 0.882. The molecule has 2 aromatic carbocycles. The van der Waals surface area contributed by atoms with E-state index in [1.54, 1.807) is 0 Å². The smallest absolute Gasteiger partial charge is 0.0662 e. The molecule has 2 aromatic rings. The van der Waals surface area contributed by atoms with Crippen molar-refractivity contribution in [3.63, 3.8) is 0 Å². The first-order valence-electron chi connectivity index (χ1n) is 6.69. The third kappa shape index (κ3) is 3.91. The van der Waals surface area contributed by atoms with E-state index in [4.69, 9.17) is 10.5 Å². The summed E-state index contributed by atoms with van der Waals surface area (Å²) in [6.45, 7) is 4.60. The zero-order valence-corrected chi connectivity index (χ0v) is 11.5. The van der Waals surface area contributed by atoms with E-state index in [9.17, 15) is 0 Å². The fourth-order valence-corrected chi connectivity index (χ4v) is 1.95. The molecule has 1 atom stereocenters. The van der Waals surface area contributed by atoms with Gasteiger partial charge in [-0.25, -0.2) is 0 Å². The Morgan fingerprint density at radius 2 is 1.47 bits per heavy atom. The van der Waals surface area contributed by atoms with Crippen molar-refractivity contribution in [1.82, 2.24) is 0 Å². The highest BCUT2D eigenvalue weighted by atomic mass is 16.5. The zero-order chi connectivity index (χ0) is 13.7. The van der Waals surface area contributed by atoms with Gasteiger partial charge in [0, 0.05) is 0 Å². The lowest BCUT2D eigenvalue weighted by molar-refractivity contribution is 0.0683. The lowest BCUT2D eigenvalue weighted by Crippen LogP contribution is -2.19. The standard InChI is InChI=1S/C17H21NO/c1-13(2)19-12-17(18)16-10-8-15(9-11-16)14-6-4-3-5-7-14/h3-11,13,17H,12,18H2,1-2H3. The second kappa shape index (κ2) is 6.50. The van der Waals surface area contributed by atoms with Gasteiger partial charge in [0.2, 0.25) is 0 Å². The normalized spacial score (nSPS) is 12.6. The van der Waals surface area contributed by atoms with Crippen molar-refractivity contribution >= 4 is 0 Å². The van der Waals surface area contributed by atoms with Gasteiger partial charge < -0.3 is 10.5 Å². The van der Waals surface area contributed by atoms with Gasteiger partial charge in [0.15, 0.2) is 0 Å². The Labute approximate surface area is 115 Å². The summed E-state index contributed by atoms with van der Waals surface area (Å²) in [6, 6.07) is 18.7. The number of hydrogen-bond donors (Lipinski definition) is 1. The fraction of sp³-hybridized carbons (Fsp3) is 0.294. The van der Waals surface area contributed by atoms with E-state index in [-0.39, 0.29) is 12.1 Å². The highest BCUT2D eigenvalue weighted by Crippen LogP contribution is 2.21. The summed E-state index contributed by atoms with van der Waals surface area (Å²) in [4.78, 5) is 0. The molecular weight excluding hydrogens is 234 g/mol. The van der Waals surface area contributed by atoms with Crippen molar-refractivity contribution in [3.05, 3.63) is 60.2 Å². The highest BCUT2D eigenvalue weighted by molar-refractivity contribution is 5.63. The summed E-state index contributed by atoms with van der Waals surface area (Å²) >= 11 is 0. The molecule has 0 saturated heterocycles. The largest absolute Gasteiger partial charge is 0.377 e. The van der Waals surface area contributed by atoms with Gasteiger partial charge in [-0.2, -0.15) is 0 Å². The molecular formula is C17H21NO. The molecule has 1 unspecified atom stereocenters. The summed E-state index contributed by atoms with van der Waals surface area (Å²) in [7, 11) is 0. The molecule has 0 aliphatic carbocycles. The minimum Gasteiger partial charge on any atom is -0.377 e. The second-order valence-corrected chi connectivity index (χ2v) is 4.98. The van der Waals surface area contributed by atoms with Crippen LogP contribution in [-0.2, 0) is 4.74 Å². The maximum atomic E-state index is 6.11. The van der Waals surface area contributed by atoms with Crippen LogP contribution in [0.1, 0.15) is 25.5 Å². The van der Waals surface area contributed by atoms with Gasteiger partial charge in [0.1, 0.15) is 0 Å². The van der Waals surface area contributed by atoms with E-state index in [0.717, 1.165) is 5.56 Å². The number of benzene rings is 2. The van der Waals surface area contributed by atoms with Crippen molar-refractivity contribution in [2.75, 3.05) is 6.61 Å². The maximum Gasteiger partial charge on any atom is 0.0662 e. The van der Waals surface area contributed by atoms with E-state index >= 15 is 0 Å². The van der Waals surface area contributed by atoms with Crippen molar-refractivity contribution < 1.29 is 4.74 Å². The fourth-order valence-electron chi connectivity index (χ4n) is 1.95. The molecule has 19 heavy (non-hydrogen) atoms. The molecule has 0 fully saturated rings. The number of nitrogens with two attached hydrogens (primary N) is 1. The van der Waals surface area contributed by atoms with Gasteiger partial charge in [0.25, 0.3) is 0 Å². The van der Waals surface area contributed by atoms with Crippen molar-refractivity contribution in [2.24, 2.45) is 5.73 Å². The van der Waals surface area contributed by atoms with Crippen molar-refractivity contribution in [2.45, 2.75) is 26.0 Å². The minimum atomic E-state index is -0.0628. The Hall–Kier alpha value is -1.64. The Morgan fingerprint density at radius 3 is 2.05 bits per heavy atom. The SMILES string of the molecule is CC(C)OCC(N)c1ccc(-c2ccccc2)cc1. The third-order valence-corrected chi connectivity index (χ3v) is 3.06. The van der Waals surface area contributed by atoms with E-state index in [2.05, 4.69) is 36.4 Å². The first-order chi connectivity index (χ1) is 9.16. The Bertz CT molecular complexity index is 490. The maximum absolute atomic E-state index is 6.11. The molecule has 0 saturated carbocycles. The zero-order valence-electron chi connectivity index (χ0n) is 11.5. The molecule has 0 bridgehead atoms. The molecule has 2 heteroatoms. The van der Waals surface area contributed by atoms with E-state index in [1.807, 2.05) is 32.0 Å². The van der Waals surface area contributed by atoms with Gasteiger partial charge in [-0.3, -0.25) is 0 Å². The predicted molar refractivity (Wildman–Crippen MR) is 79.9 cm³/mol. The van der Waals surface area contributed by atoms with E-state index in [1.165, 1.54) is 11.1 Å². The van der Waals surface area contributed by atoms with Crippen LogP contribution in [-0.4, -0.2) is 12.7 Å². The minimum absolute atomic E-state index is 0.0628. The molecule has 0 aliphatic rings. The van der Waals surface area contributed by atoms with Crippen LogP contribution in [0.15, 0.2) is 54.6 Å². The molecule has 2 rings (SSSR count). The first kappa shape index (κ1) is 13.8. The average Bonchev–Trinajstić information content (AvgIpc) is 2.46. The summed E-state index contributed by atoms with van der Waals surface area (Å²) < 4.78 is 5.55.